The van der Waals surface area contributed by atoms with Gasteiger partial charge in [0.1, 0.15) is 4.88 Å². The molecule has 0 aliphatic heterocycles. The van der Waals surface area contributed by atoms with Crippen LogP contribution in [0.5, 0.6) is 0 Å². The number of likely N-dealkylation sites (N-methyl/N-ethyl adjacent to an activating group) is 1. The lowest BCUT2D eigenvalue weighted by molar-refractivity contribution is 0.0370. The SMILES string of the molecule is Cc1nnsc1C(=O)N(C)CC(C)(C)O. The summed E-state index contributed by atoms with van der Waals surface area (Å²) in [5.74, 6) is -0.148. The number of hydrogen-bond donors (Lipinski definition) is 1. The van der Waals surface area contributed by atoms with E-state index in [1.807, 2.05) is 0 Å². The number of carbonyl (C=O) groups excluding carboxylic acids is 1. The Morgan fingerprint density at radius 1 is 1.60 bits per heavy atom. The third kappa shape index (κ3) is 3.24. The van der Waals surface area contributed by atoms with Gasteiger partial charge in [0, 0.05) is 13.6 Å². The van der Waals surface area contributed by atoms with Crippen LogP contribution in [0.15, 0.2) is 0 Å². The molecule has 0 aromatic carbocycles. The molecule has 0 aliphatic rings. The van der Waals surface area contributed by atoms with Crippen LogP contribution in [0.25, 0.3) is 0 Å². The highest BCUT2D eigenvalue weighted by molar-refractivity contribution is 7.07. The van der Waals surface area contributed by atoms with E-state index in [1.165, 1.54) is 4.90 Å². The third-order valence-electron chi connectivity index (χ3n) is 1.82. The summed E-state index contributed by atoms with van der Waals surface area (Å²) in [4.78, 5) is 13.9. The normalized spacial score (nSPS) is 11.5. The molecule has 1 amide bonds. The number of aryl methyl sites for hydroxylation is 1. The van der Waals surface area contributed by atoms with Gasteiger partial charge in [-0.25, -0.2) is 0 Å². The molecule has 1 rings (SSSR count). The van der Waals surface area contributed by atoms with Gasteiger partial charge >= 0.3 is 0 Å². The molecule has 1 aromatic heterocycles. The first-order valence-electron chi connectivity index (χ1n) is 4.58. The number of aliphatic hydroxyl groups is 1. The molecule has 0 unspecified atom stereocenters. The van der Waals surface area contributed by atoms with Gasteiger partial charge in [0.05, 0.1) is 11.3 Å². The summed E-state index contributed by atoms with van der Waals surface area (Å²) in [7, 11) is 1.65. The Kier molecular flexibility index (Phi) is 3.41. The quantitative estimate of drug-likeness (QED) is 0.828. The van der Waals surface area contributed by atoms with Crippen LogP contribution in [0.2, 0.25) is 0 Å². The molecule has 0 atom stereocenters. The smallest absolute Gasteiger partial charge is 0.267 e. The summed E-state index contributed by atoms with van der Waals surface area (Å²) in [5, 5.41) is 13.4. The van der Waals surface area contributed by atoms with Crippen LogP contribution in [-0.4, -0.2) is 44.7 Å². The van der Waals surface area contributed by atoms with E-state index >= 15 is 0 Å². The highest BCUT2D eigenvalue weighted by Gasteiger charge is 2.22. The van der Waals surface area contributed by atoms with Gasteiger partial charge in [-0.3, -0.25) is 4.79 Å². The molecule has 84 valence electrons. The Bertz CT molecular complexity index is 356. The summed E-state index contributed by atoms with van der Waals surface area (Å²) in [6, 6.07) is 0. The Morgan fingerprint density at radius 3 is 2.60 bits per heavy atom. The molecule has 0 saturated heterocycles. The summed E-state index contributed by atoms with van der Waals surface area (Å²) >= 11 is 1.08. The molecule has 6 heteroatoms. The molecule has 0 saturated carbocycles. The van der Waals surface area contributed by atoms with Crippen LogP contribution in [0.1, 0.15) is 29.2 Å². The molecule has 0 spiro atoms. The first-order chi connectivity index (χ1) is 6.81. The molecule has 0 aliphatic carbocycles. The van der Waals surface area contributed by atoms with Crippen molar-refractivity contribution in [2.24, 2.45) is 0 Å². The number of hydrogen-bond acceptors (Lipinski definition) is 5. The predicted molar refractivity (Wildman–Crippen MR) is 57.9 cm³/mol. The topological polar surface area (TPSA) is 66.3 Å². The van der Waals surface area contributed by atoms with E-state index in [1.54, 1.807) is 27.8 Å². The van der Waals surface area contributed by atoms with E-state index in [9.17, 15) is 9.90 Å². The minimum Gasteiger partial charge on any atom is -0.389 e. The third-order valence-corrected chi connectivity index (χ3v) is 2.63. The molecule has 15 heavy (non-hydrogen) atoms. The van der Waals surface area contributed by atoms with Crippen LogP contribution in [0.3, 0.4) is 0 Å². The van der Waals surface area contributed by atoms with Gasteiger partial charge in [-0.15, -0.1) is 5.10 Å². The maximum absolute atomic E-state index is 11.8. The number of aromatic nitrogens is 2. The molecule has 0 fully saturated rings. The van der Waals surface area contributed by atoms with Gasteiger partial charge in [0.15, 0.2) is 0 Å². The monoisotopic (exact) mass is 229 g/mol. The zero-order valence-corrected chi connectivity index (χ0v) is 10.1. The fraction of sp³-hybridized carbons (Fsp3) is 0.667. The van der Waals surface area contributed by atoms with Crippen LogP contribution in [0, 0.1) is 6.92 Å². The second-order valence-electron chi connectivity index (χ2n) is 4.16. The minimum atomic E-state index is -0.892. The van der Waals surface area contributed by atoms with Crippen molar-refractivity contribution in [3.63, 3.8) is 0 Å². The number of carbonyl (C=O) groups is 1. The lowest BCUT2D eigenvalue weighted by Crippen LogP contribution is -2.39. The van der Waals surface area contributed by atoms with Crippen molar-refractivity contribution in [3.05, 3.63) is 10.6 Å². The van der Waals surface area contributed by atoms with Gasteiger partial charge in [-0.2, -0.15) is 0 Å². The first kappa shape index (κ1) is 12.1. The van der Waals surface area contributed by atoms with E-state index in [0.29, 0.717) is 10.6 Å². The predicted octanol–water partition coefficient (Wildman–Crippen LogP) is 0.689. The van der Waals surface area contributed by atoms with E-state index in [-0.39, 0.29) is 12.5 Å². The summed E-state index contributed by atoms with van der Waals surface area (Å²) in [5.41, 5.74) is -0.260. The lowest BCUT2D eigenvalue weighted by Gasteiger charge is -2.25. The Labute approximate surface area is 92.9 Å². The Balaban J connectivity index is 2.74. The van der Waals surface area contributed by atoms with Crippen molar-refractivity contribution in [2.75, 3.05) is 13.6 Å². The average molecular weight is 229 g/mol. The second kappa shape index (κ2) is 4.24. The highest BCUT2D eigenvalue weighted by atomic mass is 32.1. The molecular formula is C9H15N3O2S. The minimum absolute atomic E-state index is 0.148. The molecule has 1 heterocycles. The van der Waals surface area contributed by atoms with Crippen LogP contribution in [0.4, 0.5) is 0 Å². The van der Waals surface area contributed by atoms with Gasteiger partial charge in [0.2, 0.25) is 0 Å². The van der Waals surface area contributed by atoms with Gasteiger partial charge < -0.3 is 10.0 Å². The van der Waals surface area contributed by atoms with Crippen LogP contribution >= 0.6 is 11.5 Å². The largest absolute Gasteiger partial charge is 0.389 e. The first-order valence-corrected chi connectivity index (χ1v) is 5.35. The van der Waals surface area contributed by atoms with Crippen molar-refractivity contribution < 1.29 is 9.90 Å². The van der Waals surface area contributed by atoms with Crippen LogP contribution in [-0.2, 0) is 0 Å². The molecular weight excluding hydrogens is 214 g/mol. The Morgan fingerprint density at radius 2 is 2.20 bits per heavy atom. The van der Waals surface area contributed by atoms with Crippen molar-refractivity contribution in [1.82, 2.24) is 14.5 Å². The molecule has 1 N–H and O–H groups in total. The zero-order valence-electron chi connectivity index (χ0n) is 9.31. The lowest BCUT2D eigenvalue weighted by atomic mass is 10.1. The molecule has 1 aromatic rings. The van der Waals surface area contributed by atoms with Crippen molar-refractivity contribution in [2.45, 2.75) is 26.4 Å². The molecule has 0 radical (unpaired) electrons. The standard InChI is InChI=1S/C9H15N3O2S/c1-6-7(15-11-10-6)8(13)12(4)5-9(2,3)14/h14H,5H2,1-4H3. The fourth-order valence-corrected chi connectivity index (χ4v) is 1.91. The van der Waals surface area contributed by atoms with E-state index < -0.39 is 5.60 Å². The maximum atomic E-state index is 11.8. The van der Waals surface area contributed by atoms with Crippen molar-refractivity contribution in [3.8, 4) is 0 Å². The average Bonchev–Trinajstić information content (AvgIpc) is 2.47. The molecule has 5 nitrogen and oxygen atoms in total. The number of amides is 1. The maximum Gasteiger partial charge on any atom is 0.267 e. The van der Waals surface area contributed by atoms with E-state index in [0.717, 1.165) is 11.5 Å². The zero-order chi connectivity index (χ0) is 11.6. The summed E-state index contributed by atoms with van der Waals surface area (Å²) < 4.78 is 3.70. The number of nitrogens with zero attached hydrogens (tertiary/aromatic N) is 3. The highest BCUT2D eigenvalue weighted by Crippen LogP contribution is 2.13. The Hall–Kier alpha value is -1.01. The van der Waals surface area contributed by atoms with E-state index in [4.69, 9.17) is 0 Å². The number of rotatable bonds is 3. The summed E-state index contributed by atoms with van der Waals surface area (Å²) in [6.07, 6.45) is 0. The summed E-state index contributed by atoms with van der Waals surface area (Å²) in [6.45, 7) is 5.35. The van der Waals surface area contributed by atoms with Crippen molar-refractivity contribution >= 4 is 17.4 Å². The van der Waals surface area contributed by atoms with Crippen LogP contribution < -0.4 is 0 Å². The van der Waals surface area contributed by atoms with Gasteiger partial charge in [0.25, 0.3) is 5.91 Å². The van der Waals surface area contributed by atoms with Gasteiger partial charge in [-0.1, -0.05) is 4.49 Å². The second-order valence-corrected chi connectivity index (χ2v) is 4.92. The van der Waals surface area contributed by atoms with E-state index in [2.05, 4.69) is 9.59 Å². The van der Waals surface area contributed by atoms with Crippen molar-refractivity contribution in [1.29, 1.82) is 0 Å². The fourth-order valence-electron chi connectivity index (χ4n) is 1.25. The molecule has 0 bridgehead atoms. The van der Waals surface area contributed by atoms with Gasteiger partial charge in [-0.05, 0) is 32.3 Å².